The number of nitrogens with zero attached hydrogens (tertiary/aromatic N) is 2. The molecule has 19 heavy (non-hydrogen) atoms. The van der Waals surface area contributed by atoms with Gasteiger partial charge in [-0.1, -0.05) is 15.9 Å². The zero-order valence-corrected chi connectivity index (χ0v) is 12.1. The molecule has 1 atom stereocenters. The maximum atomic E-state index is 12.4. The molecule has 5 nitrogen and oxygen atoms in total. The Bertz CT molecular complexity index is 706. The number of hydrogen-bond donors (Lipinski definition) is 1. The van der Waals surface area contributed by atoms with E-state index in [-0.39, 0.29) is 17.6 Å². The molecule has 1 unspecified atom stereocenters. The van der Waals surface area contributed by atoms with Crippen molar-refractivity contribution in [3.8, 4) is 0 Å². The van der Waals surface area contributed by atoms with Gasteiger partial charge in [0.1, 0.15) is 0 Å². The van der Waals surface area contributed by atoms with Crippen LogP contribution >= 0.6 is 15.9 Å². The first kappa shape index (κ1) is 12.5. The quantitative estimate of drug-likeness (QED) is 0.865. The molecule has 1 aromatic heterocycles. The molecule has 1 aliphatic rings. The zero-order chi connectivity index (χ0) is 13.6. The largest absolute Gasteiger partial charge is 0.354 e. The first-order valence-corrected chi connectivity index (χ1v) is 7.00. The van der Waals surface area contributed by atoms with Crippen LogP contribution in [0.3, 0.4) is 0 Å². The zero-order valence-electron chi connectivity index (χ0n) is 10.5. The monoisotopic (exact) mass is 323 g/mol. The fraction of sp³-hybridized carbons (Fsp3) is 0.385. The highest BCUT2D eigenvalue weighted by Crippen LogP contribution is 2.24. The van der Waals surface area contributed by atoms with Crippen molar-refractivity contribution in [1.82, 2.24) is 14.5 Å². The standard InChI is InChI=1S/C13H14BrN3O2/c1-16-11-6-8(14)2-4-10(11)17(13(16)19)9-3-5-12(18)15-7-9/h2,4,6,9H,3,5,7H2,1H3,(H,15,18). The Morgan fingerprint density at radius 3 is 2.79 bits per heavy atom. The smallest absolute Gasteiger partial charge is 0.329 e. The van der Waals surface area contributed by atoms with Gasteiger partial charge in [0.05, 0.1) is 17.1 Å². The lowest BCUT2D eigenvalue weighted by atomic mass is 10.1. The number of hydrogen-bond acceptors (Lipinski definition) is 2. The number of aromatic nitrogens is 2. The first-order valence-electron chi connectivity index (χ1n) is 6.21. The van der Waals surface area contributed by atoms with Crippen LogP contribution in [0.4, 0.5) is 0 Å². The van der Waals surface area contributed by atoms with Crippen molar-refractivity contribution in [1.29, 1.82) is 0 Å². The number of carbonyl (C=O) groups is 1. The van der Waals surface area contributed by atoms with Crippen molar-refractivity contribution in [3.05, 3.63) is 33.2 Å². The van der Waals surface area contributed by atoms with Gasteiger partial charge in [0.2, 0.25) is 5.91 Å². The second kappa shape index (κ2) is 4.52. The molecule has 3 rings (SSSR count). The Morgan fingerprint density at radius 2 is 2.11 bits per heavy atom. The summed E-state index contributed by atoms with van der Waals surface area (Å²) < 4.78 is 4.39. The number of carbonyl (C=O) groups excluding carboxylic acids is 1. The number of piperidine rings is 1. The third kappa shape index (κ3) is 2.00. The minimum Gasteiger partial charge on any atom is -0.354 e. The van der Waals surface area contributed by atoms with E-state index in [1.807, 2.05) is 18.2 Å². The summed E-state index contributed by atoms with van der Waals surface area (Å²) in [7, 11) is 1.77. The highest BCUT2D eigenvalue weighted by Gasteiger charge is 2.23. The summed E-state index contributed by atoms with van der Waals surface area (Å²) >= 11 is 3.42. The minimum absolute atomic E-state index is 0.0331. The normalized spacial score (nSPS) is 19.7. The third-order valence-electron chi connectivity index (χ3n) is 3.66. The molecule has 0 radical (unpaired) electrons. The Hall–Kier alpha value is -1.56. The molecule has 1 aliphatic heterocycles. The SMILES string of the molecule is Cn1c(=O)n(C2CCC(=O)NC2)c2ccc(Br)cc21. The van der Waals surface area contributed by atoms with Crippen molar-refractivity contribution in [2.75, 3.05) is 6.54 Å². The summed E-state index contributed by atoms with van der Waals surface area (Å²) in [6.45, 7) is 0.522. The van der Waals surface area contributed by atoms with E-state index in [4.69, 9.17) is 0 Å². The highest BCUT2D eigenvalue weighted by atomic mass is 79.9. The van der Waals surface area contributed by atoms with Crippen LogP contribution in [0.1, 0.15) is 18.9 Å². The van der Waals surface area contributed by atoms with E-state index in [1.54, 1.807) is 16.2 Å². The fourth-order valence-electron chi connectivity index (χ4n) is 2.63. The van der Waals surface area contributed by atoms with Gasteiger partial charge in [0, 0.05) is 24.5 Å². The second-order valence-electron chi connectivity index (χ2n) is 4.84. The van der Waals surface area contributed by atoms with E-state index in [2.05, 4.69) is 21.2 Å². The molecule has 0 aliphatic carbocycles. The molecule has 0 saturated carbocycles. The average Bonchev–Trinajstić information content (AvgIpc) is 2.64. The number of aryl methyl sites for hydroxylation is 1. The summed E-state index contributed by atoms with van der Waals surface area (Å²) in [5, 5.41) is 2.83. The van der Waals surface area contributed by atoms with Crippen LogP contribution < -0.4 is 11.0 Å². The third-order valence-corrected chi connectivity index (χ3v) is 4.15. The summed E-state index contributed by atoms with van der Waals surface area (Å²) in [5.74, 6) is 0.0623. The molecular weight excluding hydrogens is 310 g/mol. The number of halogens is 1. The first-order chi connectivity index (χ1) is 9.08. The summed E-state index contributed by atoms with van der Waals surface area (Å²) in [5.41, 5.74) is 1.78. The van der Waals surface area contributed by atoms with E-state index >= 15 is 0 Å². The summed E-state index contributed by atoms with van der Waals surface area (Å²) in [6, 6.07) is 5.85. The molecular formula is C13H14BrN3O2. The van der Waals surface area contributed by atoms with Gasteiger partial charge in [0.25, 0.3) is 0 Å². The van der Waals surface area contributed by atoms with Crippen LogP contribution in [0.5, 0.6) is 0 Å². The number of imidazole rings is 1. The molecule has 1 N–H and O–H groups in total. The maximum Gasteiger partial charge on any atom is 0.329 e. The maximum absolute atomic E-state index is 12.4. The number of fused-ring (bicyclic) bond motifs is 1. The van der Waals surface area contributed by atoms with E-state index in [0.29, 0.717) is 19.4 Å². The van der Waals surface area contributed by atoms with Crippen LogP contribution in [0.2, 0.25) is 0 Å². The summed E-state index contributed by atoms with van der Waals surface area (Å²) in [4.78, 5) is 23.6. The number of nitrogens with one attached hydrogen (secondary N) is 1. The molecule has 2 heterocycles. The van der Waals surface area contributed by atoms with Crippen molar-refractivity contribution < 1.29 is 4.79 Å². The van der Waals surface area contributed by atoms with Crippen molar-refractivity contribution in [3.63, 3.8) is 0 Å². The van der Waals surface area contributed by atoms with Crippen LogP contribution in [-0.2, 0) is 11.8 Å². The Labute approximate surface area is 118 Å². The number of amides is 1. The lowest BCUT2D eigenvalue weighted by Crippen LogP contribution is -2.39. The van der Waals surface area contributed by atoms with Gasteiger partial charge < -0.3 is 5.32 Å². The number of rotatable bonds is 1. The molecule has 100 valence electrons. The van der Waals surface area contributed by atoms with Gasteiger partial charge in [0.15, 0.2) is 0 Å². The molecule has 1 saturated heterocycles. The van der Waals surface area contributed by atoms with Gasteiger partial charge in [-0.15, -0.1) is 0 Å². The van der Waals surface area contributed by atoms with Gasteiger partial charge in [-0.25, -0.2) is 4.79 Å². The molecule has 0 spiro atoms. The molecule has 1 amide bonds. The van der Waals surface area contributed by atoms with Crippen molar-refractivity contribution >= 4 is 32.9 Å². The topological polar surface area (TPSA) is 56.0 Å². The Balaban J connectivity index is 2.16. The molecule has 2 aromatic rings. The fourth-order valence-corrected chi connectivity index (χ4v) is 2.98. The molecule has 0 bridgehead atoms. The van der Waals surface area contributed by atoms with Gasteiger partial charge in [-0.2, -0.15) is 0 Å². The predicted molar refractivity (Wildman–Crippen MR) is 76.2 cm³/mol. The molecule has 1 aromatic carbocycles. The predicted octanol–water partition coefficient (Wildman–Crippen LogP) is 1.55. The van der Waals surface area contributed by atoms with Crippen molar-refractivity contribution in [2.45, 2.75) is 18.9 Å². The van der Waals surface area contributed by atoms with Crippen molar-refractivity contribution in [2.24, 2.45) is 7.05 Å². The van der Waals surface area contributed by atoms with Gasteiger partial charge >= 0.3 is 5.69 Å². The van der Waals surface area contributed by atoms with Crippen LogP contribution in [0.15, 0.2) is 27.5 Å². The Kier molecular flexibility index (Phi) is 2.97. The van der Waals surface area contributed by atoms with E-state index in [9.17, 15) is 9.59 Å². The average molecular weight is 324 g/mol. The lowest BCUT2D eigenvalue weighted by molar-refractivity contribution is -0.122. The second-order valence-corrected chi connectivity index (χ2v) is 5.76. The van der Waals surface area contributed by atoms with Gasteiger partial charge in [-0.05, 0) is 24.6 Å². The van der Waals surface area contributed by atoms with E-state index in [1.165, 1.54) is 0 Å². The van der Waals surface area contributed by atoms with Crippen LogP contribution in [0.25, 0.3) is 11.0 Å². The summed E-state index contributed by atoms with van der Waals surface area (Å²) in [6.07, 6.45) is 1.19. The van der Waals surface area contributed by atoms with Crippen LogP contribution in [-0.4, -0.2) is 21.6 Å². The van der Waals surface area contributed by atoms with Gasteiger partial charge in [-0.3, -0.25) is 13.9 Å². The Morgan fingerprint density at radius 1 is 1.32 bits per heavy atom. The molecule has 6 heteroatoms. The highest BCUT2D eigenvalue weighted by molar-refractivity contribution is 9.10. The minimum atomic E-state index is -0.0331. The van der Waals surface area contributed by atoms with E-state index in [0.717, 1.165) is 15.5 Å². The van der Waals surface area contributed by atoms with E-state index < -0.39 is 0 Å². The molecule has 1 fully saturated rings. The lowest BCUT2D eigenvalue weighted by Gasteiger charge is -2.23. The van der Waals surface area contributed by atoms with Crippen LogP contribution in [0, 0.1) is 0 Å². The number of benzene rings is 1.